The van der Waals surface area contributed by atoms with Crippen molar-refractivity contribution < 1.29 is 19.2 Å². The molecule has 0 saturated heterocycles. The maximum Gasteiger partial charge on any atom is 0.258 e. The lowest BCUT2D eigenvalue weighted by atomic mass is 9.70. The molecule has 33 heavy (non-hydrogen) atoms. The standard InChI is InChI=1S/C28H23NO4/c1-18(30)20-4-8-22(9-5-20)28(3,23-10-6-21(7-11-23)19(2)31)24-12-14-25(15-13-24)29-26(32)16-17-27(29)33/h4-17H,1-3H3. The van der Waals surface area contributed by atoms with Crippen molar-refractivity contribution in [3.8, 4) is 0 Å². The van der Waals surface area contributed by atoms with E-state index in [1.807, 2.05) is 60.7 Å². The van der Waals surface area contributed by atoms with Crippen molar-refractivity contribution >= 4 is 29.1 Å². The molecule has 3 aromatic rings. The number of carbonyl (C=O) groups is 4. The highest BCUT2D eigenvalue weighted by Crippen LogP contribution is 2.40. The van der Waals surface area contributed by atoms with Crippen LogP contribution in [0.3, 0.4) is 0 Å². The fourth-order valence-electron chi connectivity index (χ4n) is 4.18. The van der Waals surface area contributed by atoms with Gasteiger partial charge in [0, 0.05) is 28.7 Å². The summed E-state index contributed by atoms with van der Waals surface area (Å²) in [6.07, 6.45) is 2.51. The quantitative estimate of drug-likeness (QED) is 0.313. The van der Waals surface area contributed by atoms with Gasteiger partial charge in [-0.3, -0.25) is 19.2 Å². The first-order valence-electron chi connectivity index (χ1n) is 10.6. The van der Waals surface area contributed by atoms with E-state index >= 15 is 0 Å². The number of imide groups is 1. The molecule has 1 aliphatic rings. The zero-order chi connectivity index (χ0) is 23.8. The van der Waals surface area contributed by atoms with Gasteiger partial charge in [0.15, 0.2) is 11.6 Å². The minimum absolute atomic E-state index is 0.00743. The molecule has 2 amide bonds. The molecule has 5 nitrogen and oxygen atoms in total. The van der Waals surface area contributed by atoms with Gasteiger partial charge >= 0.3 is 0 Å². The fraction of sp³-hybridized carbons (Fsp3) is 0.143. The topological polar surface area (TPSA) is 71.5 Å². The first kappa shape index (κ1) is 22.1. The molecule has 4 rings (SSSR count). The Balaban J connectivity index is 1.82. The van der Waals surface area contributed by atoms with Crippen molar-refractivity contribution in [2.24, 2.45) is 0 Å². The number of nitrogens with zero attached hydrogens (tertiary/aromatic N) is 1. The summed E-state index contributed by atoms with van der Waals surface area (Å²) >= 11 is 0. The molecule has 0 atom stereocenters. The minimum Gasteiger partial charge on any atom is -0.295 e. The van der Waals surface area contributed by atoms with E-state index < -0.39 is 5.41 Å². The Morgan fingerprint density at radius 1 is 0.606 bits per heavy atom. The molecule has 1 aliphatic heterocycles. The second-order valence-electron chi connectivity index (χ2n) is 8.28. The van der Waals surface area contributed by atoms with Gasteiger partial charge in [-0.05, 0) is 49.6 Å². The van der Waals surface area contributed by atoms with Crippen molar-refractivity contribution in [3.63, 3.8) is 0 Å². The lowest BCUT2D eigenvalue weighted by Crippen LogP contribution is -2.30. The van der Waals surface area contributed by atoms with Crippen LogP contribution in [0.1, 0.15) is 58.2 Å². The van der Waals surface area contributed by atoms with Gasteiger partial charge in [-0.15, -0.1) is 0 Å². The SMILES string of the molecule is CC(=O)c1ccc(C(C)(c2ccc(C(C)=O)cc2)c2ccc(N3C(=O)C=CC3=O)cc2)cc1. The first-order valence-corrected chi connectivity index (χ1v) is 10.6. The number of carbonyl (C=O) groups excluding carboxylic acids is 4. The zero-order valence-electron chi connectivity index (χ0n) is 18.7. The van der Waals surface area contributed by atoms with Crippen LogP contribution in [0.4, 0.5) is 5.69 Å². The largest absolute Gasteiger partial charge is 0.295 e. The number of anilines is 1. The molecule has 0 N–H and O–H groups in total. The molecule has 0 radical (unpaired) electrons. The lowest BCUT2D eigenvalue weighted by molar-refractivity contribution is -0.119. The van der Waals surface area contributed by atoms with Crippen LogP contribution >= 0.6 is 0 Å². The minimum atomic E-state index is -0.611. The molecular weight excluding hydrogens is 414 g/mol. The van der Waals surface area contributed by atoms with E-state index in [0.717, 1.165) is 21.6 Å². The maximum atomic E-state index is 12.0. The van der Waals surface area contributed by atoms with Crippen LogP contribution in [0.25, 0.3) is 0 Å². The predicted octanol–water partition coefficient (Wildman–Crippen LogP) is 4.88. The Morgan fingerprint density at radius 3 is 1.27 bits per heavy atom. The second-order valence-corrected chi connectivity index (χ2v) is 8.28. The molecule has 0 aliphatic carbocycles. The highest BCUT2D eigenvalue weighted by Gasteiger charge is 2.32. The highest BCUT2D eigenvalue weighted by molar-refractivity contribution is 6.28. The van der Waals surface area contributed by atoms with E-state index in [1.165, 1.54) is 26.0 Å². The number of hydrogen-bond acceptors (Lipinski definition) is 4. The lowest BCUT2D eigenvalue weighted by Gasteiger charge is -2.32. The van der Waals surface area contributed by atoms with E-state index in [1.54, 1.807) is 12.1 Å². The number of benzene rings is 3. The van der Waals surface area contributed by atoms with Gasteiger partial charge in [-0.25, -0.2) is 4.90 Å². The summed E-state index contributed by atoms with van der Waals surface area (Å²) in [5.41, 5.74) is 4.00. The number of ketones is 2. The van der Waals surface area contributed by atoms with Crippen LogP contribution in [0, 0.1) is 0 Å². The van der Waals surface area contributed by atoms with E-state index in [0.29, 0.717) is 16.8 Å². The third-order valence-electron chi connectivity index (χ3n) is 6.25. The van der Waals surface area contributed by atoms with Gasteiger partial charge in [0.1, 0.15) is 0 Å². The molecular formula is C28H23NO4. The third kappa shape index (κ3) is 3.94. The van der Waals surface area contributed by atoms with E-state index in [2.05, 4.69) is 6.92 Å². The molecule has 0 fully saturated rings. The third-order valence-corrected chi connectivity index (χ3v) is 6.25. The summed E-state index contributed by atoms with van der Waals surface area (Å²) in [5, 5.41) is 0. The number of rotatable bonds is 6. The monoisotopic (exact) mass is 437 g/mol. The Kier molecular flexibility index (Phi) is 5.64. The summed E-state index contributed by atoms with van der Waals surface area (Å²) in [6.45, 7) is 5.13. The maximum absolute atomic E-state index is 12.0. The summed E-state index contributed by atoms with van der Waals surface area (Å²) in [7, 11) is 0. The molecule has 0 bridgehead atoms. The Morgan fingerprint density at radius 2 is 0.939 bits per heavy atom. The summed E-state index contributed by atoms with van der Waals surface area (Å²) in [4.78, 5) is 48.8. The van der Waals surface area contributed by atoms with Crippen molar-refractivity contribution in [2.75, 3.05) is 4.90 Å². The molecule has 164 valence electrons. The van der Waals surface area contributed by atoms with Crippen molar-refractivity contribution in [1.29, 1.82) is 0 Å². The van der Waals surface area contributed by atoms with Crippen molar-refractivity contribution in [2.45, 2.75) is 26.2 Å². The molecule has 3 aromatic carbocycles. The van der Waals surface area contributed by atoms with Crippen LogP contribution < -0.4 is 4.90 Å². The predicted molar refractivity (Wildman–Crippen MR) is 127 cm³/mol. The van der Waals surface area contributed by atoms with Crippen LogP contribution in [-0.4, -0.2) is 23.4 Å². The van der Waals surface area contributed by atoms with Crippen molar-refractivity contribution in [3.05, 3.63) is 113 Å². The average molecular weight is 437 g/mol. The fourth-order valence-corrected chi connectivity index (χ4v) is 4.18. The highest BCUT2D eigenvalue weighted by atomic mass is 16.2. The normalized spacial score (nSPS) is 13.5. The Labute approximate surface area is 192 Å². The Hall–Kier alpha value is -4.12. The molecule has 5 heteroatoms. The number of Topliss-reactive ketones (excluding diaryl/α,β-unsaturated/α-hetero) is 2. The van der Waals surface area contributed by atoms with Crippen LogP contribution in [0.15, 0.2) is 84.9 Å². The number of amides is 2. The summed E-state index contributed by atoms with van der Waals surface area (Å²) in [5.74, 6) is -0.746. The molecule has 0 spiro atoms. The molecule has 0 saturated carbocycles. The second kappa shape index (κ2) is 8.43. The molecule has 0 unspecified atom stereocenters. The van der Waals surface area contributed by atoms with Gasteiger partial charge in [0.25, 0.3) is 11.8 Å². The van der Waals surface area contributed by atoms with Gasteiger partial charge < -0.3 is 0 Å². The number of hydrogen-bond donors (Lipinski definition) is 0. The smallest absolute Gasteiger partial charge is 0.258 e. The van der Waals surface area contributed by atoms with Crippen LogP contribution in [-0.2, 0) is 15.0 Å². The van der Waals surface area contributed by atoms with Gasteiger partial charge in [0.05, 0.1) is 5.69 Å². The first-order chi connectivity index (χ1) is 15.7. The van der Waals surface area contributed by atoms with Gasteiger partial charge in [0.2, 0.25) is 0 Å². The van der Waals surface area contributed by atoms with Gasteiger partial charge in [-0.1, -0.05) is 60.7 Å². The van der Waals surface area contributed by atoms with E-state index in [4.69, 9.17) is 0 Å². The van der Waals surface area contributed by atoms with Crippen molar-refractivity contribution in [1.82, 2.24) is 0 Å². The molecule has 0 aromatic heterocycles. The van der Waals surface area contributed by atoms with E-state index in [-0.39, 0.29) is 23.4 Å². The zero-order valence-corrected chi connectivity index (χ0v) is 18.7. The summed E-state index contributed by atoms with van der Waals surface area (Å²) in [6, 6.07) is 22.3. The Bertz CT molecular complexity index is 1210. The summed E-state index contributed by atoms with van der Waals surface area (Å²) < 4.78 is 0. The average Bonchev–Trinajstić information content (AvgIpc) is 3.16. The van der Waals surface area contributed by atoms with E-state index in [9.17, 15) is 19.2 Å². The van der Waals surface area contributed by atoms with Gasteiger partial charge in [-0.2, -0.15) is 0 Å². The molecule has 1 heterocycles. The van der Waals surface area contributed by atoms with Crippen LogP contribution in [0.5, 0.6) is 0 Å². The van der Waals surface area contributed by atoms with Crippen LogP contribution in [0.2, 0.25) is 0 Å².